The summed E-state index contributed by atoms with van der Waals surface area (Å²) in [6, 6.07) is 3.69. The number of carbonyl (C=O) groups excluding carboxylic acids is 1. The topological polar surface area (TPSA) is 32.3 Å². The molecule has 1 aliphatic rings. The SMILES string of the molecule is CCCN(C(=O)c1ccc(Br)c(C(F)(F)F)c1)C1CNC1. The number of hydrogen-bond donors (Lipinski definition) is 1. The Balaban J connectivity index is 2.29. The molecule has 3 nitrogen and oxygen atoms in total. The van der Waals surface area contributed by atoms with Gasteiger partial charge >= 0.3 is 6.18 Å². The van der Waals surface area contributed by atoms with E-state index < -0.39 is 11.7 Å². The maximum Gasteiger partial charge on any atom is 0.417 e. The summed E-state index contributed by atoms with van der Waals surface area (Å²) in [6.07, 6.45) is -3.71. The van der Waals surface area contributed by atoms with Crippen molar-refractivity contribution in [2.45, 2.75) is 25.6 Å². The molecule has 0 unspecified atom stereocenters. The first-order valence-corrected chi connectivity index (χ1v) is 7.52. The van der Waals surface area contributed by atoms with Gasteiger partial charge < -0.3 is 10.2 Å². The minimum absolute atomic E-state index is 0.0566. The van der Waals surface area contributed by atoms with Gasteiger partial charge in [-0.15, -0.1) is 0 Å². The fourth-order valence-corrected chi connectivity index (χ4v) is 2.70. The lowest BCUT2D eigenvalue weighted by atomic mass is 10.1. The predicted octanol–water partition coefficient (Wildman–Crippen LogP) is 3.29. The molecule has 1 fully saturated rings. The monoisotopic (exact) mass is 364 g/mol. The summed E-state index contributed by atoms with van der Waals surface area (Å²) in [7, 11) is 0. The number of benzene rings is 1. The van der Waals surface area contributed by atoms with Crippen LogP contribution in [0.4, 0.5) is 13.2 Å². The van der Waals surface area contributed by atoms with Gasteiger partial charge in [0, 0.05) is 29.7 Å². The average Bonchev–Trinajstić information content (AvgIpc) is 2.34. The van der Waals surface area contributed by atoms with E-state index in [1.807, 2.05) is 6.92 Å². The lowest BCUT2D eigenvalue weighted by molar-refractivity contribution is -0.138. The van der Waals surface area contributed by atoms with E-state index in [4.69, 9.17) is 0 Å². The van der Waals surface area contributed by atoms with Crippen LogP contribution in [-0.4, -0.2) is 36.5 Å². The molecule has 1 saturated heterocycles. The van der Waals surface area contributed by atoms with E-state index in [0.29, 0.717) is 19.6 Å². The Bertz CT molecular complexity index is 529. The van der Waals surface area contributed by atoms with E-state index in [0.717, 1.165) is 12.5 Å². The van der Waals surface area contributed by atoms with Crippen LogP contribution < -0.4 is 5.32 Å². The van der Waals surface area contributed by atoms with Gasteiger partial charge in [0.2, 0.25) is 0 Å². The van der Waals surface area contributed by atoms with Gasteiger partial charge in [-0.25, -0.2) is 0 Å². The molecule has 1 aromatic carbocycles. The highest BCUT2D eigenvalue weighted by molar-refractivity contribution is 9.10. The van der Waals surface area contributed by atoms with Gasteiger partial charge in [-0.05, 0) is 24.6 Å². The van der Waals surface area contributed by atoms with Crippen LogP contribution in [0.3, 0.4) is 0 Å². The molecule has 2 rings (SSSR count). The highest BCUT2D eigenvalue weighted by atomic mass is 79.9. The zero-order valence-electron chi connectivity index (χ0n) is 11.5. The molecule has 116 valence electrons. The maximum absolute atomic E-state index is 12.9. The third-order valence-electron chi connectivity index (χ3n) is 3.44. The number of rotatable bonds is 4. The second-order valence-electron chi connectivity index (χ2n) is 5.00. The van der Waals surface area contributed by atoms with E-state index in [9.17, 15) is 18.0 Å². The summed E-state index contributed by atoms with van der Waals surface area (Å²) in [5.74, 6) is -0.346. The summed E-state index contributed by atoms with van der Waals surface area (Å²) in [6.45, 7) is 3.86. The van der Waals surface area contributed by atoms with Gasteiger partial charge in [-0.1, -0.05) is 22.9 Å². The van der Waals surface area contributed by atoms with Crippen molar-refractivity contribution < 1.29 is 18.0 Å². The Labute approximate surface area is 129 Å². The van der Waals surface area contributed by atoms with Gasteiger partial charge in [-0.2, -0.15) is 13.2 Å². The molecular weight excluding hydrogens is 349 g/mol. The number of halogens is 4. The molecule has 0 radical (unpaired) electrons. The number of nitrogens with one attached hydrogen (secondary N) is 1. The van der Waals surface area contributed by atoms with Crippen molar-refractivity contribution in [1.82, 2.24) is 10.2 Å². The lowest BCUT2D eigenvalue weighted by Gasteiger charge is -2.38. The molecule has 21 heavy (non-hydrogen) atoms. The molecule has 0 aliphatic carbocycles. The molecule has 1 heterocycles. The van der Waals surface area contributed by atoms with E-state index in [-0.39, 0.29) is 22.0 Å². The standard InChI is InChI=1S/C14H16BrF3N2O/c1-2-5-20(10-7-19-8-10)13(21)9-3-4-12(15)11(6-9)14(16,17)18/h3-4,6,10,19H,2,5,7-8H2,1H3. The van der Waals surface area contributed by atoms with Crippen LogP contribution in [0.15, 0.2) is 22.7 Å². The Kier molecular flexibility index (Phi) is 4.93. The quantitative estimate of drug-likeness (QED) is 0.888. The van der Waals surface area contributed by atoms with Crippen molar-refractivity contribution in [3.8, 4) is 0 Å². The van der Waals surface area contributed by atoms with Crippen molar-refractivity contribution in [1.29, 1.82) is 0 Å². The Morgan fingerprint density at radius 3 is 2.57 bits per heavy atom. The molecule has 0 saturated carbocycles. The molecule has 1 amide bonds. The largest absolute Gasteiger partial charge is 0.417 e. The molecule has 1 aromatic rings. The normalized spacial score (nSPS) is 15.7. The molecule has 1 N–H and O–H groups in total. The highest BCUT2D eigenvalue weighted by Crippen LogP contribution is 2.35. The second kappa shape index (κ2) is 6.36. The Morgan fingerprint density at radius 2 is 2.10 bits per heavy atom. The van der Waals surface area contributed by atoms with Crippen LogP contribution >= 0.6 is 15.9 Å². The van der Waals surface area contributed by atoms with Crippen molar-refractivity contribution in [3.05, 3.63) is 33.8 Å². The summed E-state index contributed by atoms with van der Waals surface area (Å²) >= 11 is 2.88. The van der Waals surface area contributed by atoms with Crippen LogP contribution in [0.25, 0.3) is 0 Å². The van der Waals surface area contributed by atoms with E-state index in [1.165, 1.54) is 12.1 Å². The van der Waals surface area contributed by atoms with E-state index in [2.05, 4.69) is 21.2 Å². The lowest BCUT2D eigenvalue weighted by Crippen LogP contribution is -2.59. The van der Waals surface area contributed by atoms with Crippen LogP contribution in [-0.2, 0) is 6.18 Å². The number of alkyl halides is 3. The van der Waals surface area contributed by atoms with Crippen molar-refractivity contribution in [2.75, 3.05) is 19.6 Å². The number of nitrogens with zero attached hydrogens (tertiary/aromatic N) is 1. The maximum atomic E-state index is 12.9. The summed E-state index contributed by atoms with van der Waals surface area (Å²) in [5.41, 5.74) is -0.748. The van der Waals surface area contributed by atoms with Crippen LogP contribution in [0, 0.1) is 0 Å². The van der Waals surface area contributed by atoms with E-state index in [1.54, 1.807) is 4.90 Å². The minimum Gasteiger partial charge on any atom is -0.333 e. The summed E-state index contributed by atoms with van der Waals surface area (Å²) in [5, 5.41) is 3.07. The van der Waals surface area contributed by atoms with Gasteiger partial charge in [0.05, 0.1) is 11.6 Å². The summed E-state index contributed by atoms with van der Waals surface area (Å²) < 4.78 is 38.7. The van der Waals surface area contributed by atoms with Gasteiger partial charge in [0.1, 0.15) is 0 Å². The minimum atomic E-state index is -4.48. The number of carbonyl (C=O) groups is 1. The van der Waals surface area contributed by atoms with Crippen LogP contribution in [0.2, 0.25) is 0 Å². The second-order valence-corrected chi connectivity index (χ2v) is 5.86. The molecule has 0 atom stereocenters. The first-order chi connectivity index (χ1) is 9.84. The van der Waals surface area contributed by atoms with Crippen molar-refractivity contribution in [3.63, 3.8) is 0 Å². The first kappa shape index (κ1) is 16.3. The highest BCUT2D eigenvalue weighted by Gasteiger charge is 2.35. The number of amides is 1. The predicted molar refractivity (Wildman–Crippen MR) is 77.1 cm³/mol. The Hall–Kier alpha value is -1.08. The van der Waals surface area contributed by atoms with Crippen LogP contribution in [0.5, 0.6) is 0 Å². The van der Waals surface area contributed by atoms with Gasteiger partial charge in [0.15, 0.2) is 0 Å². The molecular formula is C14H16BrF3N2O. The first-order valence-electron chi connectivity index (χ1n) is 6.73. The third kappa shape index (κ3) is 3.58. The smallest absolute Gasteiger partial charge is 0.333 e. The number of hydrogen-bond acceptors (Lipinski definition) is 2. The average molecular weight is 365 g/mol. The molecule has 0 bridgehead atoms. The zero-order valence-corrected chi connectivity index (χ0v) is 13.1. The Morgan fingerprint density at radius 1 is 1.43 bits per heavy atom. The van der Waals surface area contributed by atoms with Gasteiger partial charge in [0.25, 0.3) is 5.91 Å². The van der Waals surface area contributed by atoms with E-state index >= 15 is 0 Å². The third-order valence-corrected chi connectivity index (χ3v) is 4.14. The molecule has 1 aliphatic heterocycles. The van der Waals surface area contributed by atoms with Crippen molar-refractivity contribution >= 4 is 21.8 Å². The molecule has 0 aromatic heterocycles. The van der Waals surface area contributed by atoms with Crippen molar-refractivity contribution in [2.24, 2.45) is 0 Å². The fraction of sp³-hybridized carbons (Fsp3) is 0.500. The molecule has 0 spiro atoms. The zero-order chi connectivity index (χ0) is 15.6. The van der Waals surface area contributed by atoms with Crippen LogP contribution in [0.1, 0.15) is 29.3 Å². The molecule has 7 heteroatoms. The summed E-state index contributed by atoms with van der Waals surface area (Å²) in [4.78, 5) is 14.1. The fourth-order valence-electron chi connectivity index (χ4n) is 2.23. The van der Waals surface area contributed by atoms with Gasteiger partial charge in [-0.3, -0.25) is 4.79 Å².